The number of alkyl halides is 3. The number of ether oxygens (including phenoxy) is 1. The van der Waals surface area contributed by atoms with Gasteiger partial charge in [-0.05, 0) is 0 Å². The quantitative estimate of drug-likeness (QED) is 0.705. The van der Waals surface area contributed by atoms with E-state index in [1.54, 1.807) is 6.92 Å². The normalized spacial score (nSPS) is 31.8. The minimum absolute atomic E-state index is 0.177. The maximum Gasteiger partial charge on any atom is 0.398 e. The fourth-order valence-electron chi connectivity index (χ4n) is 2.66. The Morgan fingerprint density at radius 2 is 2.23 bits per heavy atom. The van der Waals surface area contributed by atoms with Crippen LogP contribution in [0, 0.1) is 5.92 Å². The fraction of sp³-hybridized carbons (Fsp3) is 0.667. The van der Waals surface area contributed by atoms with Gasteiger partial charge < -0.3 is 20.3 Å². The van der Waals surface area contributed by atoms with Gasteiger partial charge in [0.05, 0.1) is 0 Å². The standard InChI is InChI=1S/C12H15F3N2O5/c1-2-3-9-17(6(5-22-9)10(19)20)12(21)7(11(13,14)15)4-8(18)16-12/h5,7,9,21H,2-4H2,1H3,(H,16,18)(H,19,20). The van der Waals surface area contributed by atoms with Crippen LogP contribution < -0.4 is 5.32 Å². The van der Waals surface area contributed by atoms with Crippen molar-refractivity contribution in [3.63, 3.8) is 0 Å². The van der Waals surface area contributed by atoms with Gasteiger partial charge in [0.1, 0.15) is 12.2 Å². The van der Waals surface area contributed by atoms with Gasteiger partial charge in [-0.25, -0.2) is 4.79 Å². The summed E-state index contributed by atoms with van der Waals surface area (Å²) in [7, 11) is 0. The Morgan fingerprint density at radius 3 is 2.73 bits per heavy atom. The van der Waals surface area contributed by atoms with Gasteiger partial charge in [0.15, 0.2) is 11.9 Å². The summed E-state index contributed by atoms with van der Waals surface area (Å²) in [5.41, 5.74) is -0.641. The molecule has 0 radical (unpaired) electrons. The number of hydrogen-bond acceptors (Lipinski definition) is 5. The highest BCUT2D eigenvalue weighted by Gasteiger charge is 2.64. The predicted octanol–water partition coefficient (Wildman–Crippen LogP) is 0.715. The first-order chi connectivity index (χ1) is 10.1. The van der Waals surface area contributed by atoms with E-state index in [9.17, 15) is 27.9 Å². The zero-order chi connectivity index (χ0) is 16.7. The first kappa shape index (κ1) is 16.4. The molecule has 0 saturated carbocycles. The minimum Gasteiger partial charge on any atom is -0.476 e. The third kappa shape index (κ3) is 2.58. The van der Waals surface area contributed by atoms with Crippen LogP contribution in [0.15, 0.2) is 12.0 Å². The van der Waals surface area contributed by atoms with Crippen molar-refractivity contribution in [2.45, 2.75) is 44.4 Å². The molecule has 0 bridgehead atoms. The van der Waals surface area contributed by atoms with Gasteiger partial charge in [-0.1, -0.05) is 13.3 Å². The highest BCUT2D eigenvalue weighted by Crippen LogP contribution is 2.44. The Hall–Kier alpha value is -1.97. The van der Waals surface area contributed by atoms with Crippen LogP contribution in [0.3, 0.4) is 0 Å². The molecule has 0 aromatic rings. The topological polar surface area (TPSA) is 99.1 Å². The first-order valence-electron chi connectivity index (χ1n) is 6.59. The molecule has 2 aliphatic rings. The van der Waals surface area contributed by atoms with Gasteiger partial charge in [0.2, 0.25) is 11.8 Å². The van der Waals surface area contributed by atoms with E-state index in [-0.39, 0.29) is 6.42 Å². The van der Waals surface area contributed by atoms with Crippen molar-refractivity contribution in [2.24, 2.45) is 5.92 Å². The highest BCUT2D eigenvalue weighted by molar-refractivity contribution is 5.87. The molecule has 1 saturated heterocycles. The molecule has 0 aromatic heterocycles. The SMILES string of the molecule is CCCC1OC=C(C(=O)O)N1C1(O)NC(=O)CC1C(F)(F)F. The second-order valence-corrected chi connectivity index (χ2v) is 5.13. The van der Waals surface area contributed by atoms with Crippen molar-refractivity contribution in [1.82, 2.24) is 10.2 Å². The molecule has 1 amide bonds. The average molecular weight is 324 g/mol. The monoisotopic (exact) mass is 324 g/mol. The average Bonchev–Trinajstić information content (AvgIpc) is 2.91. The molecule has 0 aromatic carbocycles. The zero-order valence-corrected chi connectivity index (χ0v) is 11.6. The van der Waals surface area contributed by atoms with E-state index in [2.05, 4.69) is 0 Å². The number of carbonyl (C=O) groups excluding carboxylic acids is 1. The molecule has 2 aliphatic heterocycles. The molecule has 3 atom stereocenters. The zero-order valence-electron chi connectivity index (χ0n) is 11.6. The Kier molecular flexibility index (Phi) is 3.98. The van der Waals surface area contributed by atoms with Crippen molar-refractivity contribution in [3.8, 4) is 0 Å². The Balaban J connectivity index is 2.45. The third-order valence-electron chi connectivity index (χ3n) is 3.60. The molecule has 124 valence electrons. The summed E-state index contributed by atoms with van der Waals surface area (Å²) in [6.07, 6.45) is -5.56. The molecule has 10 heteroatoms. The number of aliphatic carboxylic acids is 1. The van der Waals surface area contributed by atoms with E-state index >= 15 is 0 Å². The van der Waals surface area contributed by atoms with Crippen molar-refractivity contribution in [1.29, 1.82) is 0 Å². The maximum absolute atomic E-state index is 13.1. The van der Waals surface area contributed by atoms with Gasteiger partial charge >= 0.3 is 12.1 Å². The summed E-state index contributed by atoms with van der Waals surface area (Å²) in [5.74, 6) is -7.93. The van der Waals surface area contributed by atoms with Crippen molar-refractivity contribution < 1.29 is 37.7 Å². The van der Waals surface area contributed by atoms with Crippen molar-refractivity contribution >= 4 is 11.9 Å². The Bertz CT molecular complexity index is 521. The van der Waals surface area contributed by atoms with Crippen LogP contribution in [-0.2, 0) is 14.3 Å². The first-order valence-corrected chi connectivity index (χ1v) is 6.59. The number of amides is 1. The van der Waals surface area contributed by atoms with Gasteiger partial charge in [-0.15, -0.1) is 0 Å². The van der Waals surface area contributed by atoms with Crippen LogP contribution in [0.25, 0.3) is 0 Å². The summed E-state index contributed by atoms with van der Waals surface area (Å²) in [6, 6.07) is 0. The molecule has 2 rings (SSSR count). The largest absolute Gasteiger partial charge is 0.476 e. The number of halogens is 3. The van der Waals surface area contributed by atoms with Crippen molar-refractivity contribution in [2.75, 3.05) is 0 Å². The molecule has 0 spiro atoms. The number of nitrogens with one attached hydrogen (secondary N) is 1. The molecule has 0 aliphatic carbocycles. The molecular weight excluding hydrogens is 309 g/mol. The molecule has 2 heterocycles. The van der Waals surface area contributed by atoms with Gasteiger partial charge in [0.25, 0.3) is 0 Å². The second kappa shape index (κ2) is 5.34. The lowest BCUT2D eigenvalue weighted by Gasteiger charge is -2.42. The van der Waals surface area contributed by atoms with E-state index < -0.39 is 48.2 Å². The minimum atomic E-state index is -4.89. The van der Waals surface area contributed by atoms with Gasteiger partial charge in [-0.3, -0.25) is 9.69 Å². The number of hydrogen-bond donors (Lipinski definition) is 3. The van der Waals surface area contributed by atoms with E-state index in [1.165, 1.54) is 0 Å². The van der Waals surface area contributed by atoms with E-state index in [1.807, 2.05) is 5.32 Å². The lowest BCUT2D eigenvalue weighted by atomic mass is 10.00. The molecule has 3 N–H and O–H groups in total. The van der Waals surface area contributed by atoms with Crippen LogP contribution in [0.2, 0.25) is 0 Å². The Labute approximate surface area is 123 Å². The molecule has 7 nitrogen and oxygen atoms in total. The summed E-state index contributed by atoms with van der Waals surface area (Å²) in [4.78, 5) is 23.2. The van der Waals surface area contributed by atoms with Crippen LogP contribution in [0.4, 0.5) is 13.2 Å². The summed E-state index contributed by atoms with van der Waals surface area (Å²) >= 11 is 0. The number of nitrogens with zero attached hydrogens (tertiary/aromatic N) is 1. The predicted molar refractivity (Wildman–Crippen MR) is 64.6 cm³/mol. The van der Waals surface area contributed by atoms with Crippen LogP contribution in [0.1, 0.15) is 26.2 Å². The summed E-state index contributed by atoms with van der Waals surface area (Å²) in [6.45, 7) is 1.72. The fourth-order valence-corrected chi connectivity index (χ4v) is 2.66. The third-order valence-corrected chi connectivity index (χ3v) is 3.60. The lowest BCUT2D eigenvalue weighted by Crippen LogP contribution is -2.64. The molecule has 22 heavy (non-hydrogen) atoms. The molecule has 1 fully saturated rings. The van der Waals surface area contributed by atoms with Crippen LogP contribution >= 0.6 is 0 Å². The van der Waals surface area contributed by atoms with E-state index in [0.717, 1.165) is 6.26 Å². The highest BCUT2D eigenvalue weighted by atomic mass is 19.4. The lowest BCUT2D eigenvalue weighted by molar-refractivity contribution is -0.269. The summed E-state index contributed by atoms with van der Waals surface area (Å²) in [5, 5.41) is 21.4. The Morgan fingerprint density at radius 1 is 1.59 bits per heavy atom. The smallest absolute Gasteiger partial charge is 0.398 e. The van der Waals surface area contributed by atoms with Gasteiger partial charge in [-0.2, -0.15) is 13.2 Å². The van der Waals surface area contributed by atoms with Crippen LogP contribution in [-0.4, -0.2) is 45.2 Å². The maximum atomic E-state index is 13.1. The van der Waals surface area contributed by atoms with E-state index in [4.69, 9.17) is 9.84 Å². The van der Waals surface area contributed by atoms with Crippen LogP contribution in [0.5, 0.6) is 0 Å². The molecular formula is C12H15F3N2O5. The second-order valence-electron chi connectivity index (χ2n) is 5.13. The number of rotatable bonds is 4. The van der Waals surface area contributed by atoms with Crippen molar-refractivity contribution in [3.05, 3.63) is 12.0 Å². The number of aliphatic hydroxyl groups is 1. The number of carboxylic acids is 1. The number of carbonyl (C=O) groups is 2. The van der Waals surface area contributed by atoms with Gasteiger partial charge in [0, 0.05) is 12.8 Å². The van der Waals surface area contributed by atoms with E-state index in [0.29, 0.717) is 11.3 Å². The molecule has 3 unspecified atom stereocenters. The number of carboxylic acid groups (broad SMARTS) is 1. The summed E-state index contributed by atoms with van der Waals surface area (Å²) < 4.78 is 44.5.